The minimum atomic E-state index is -0.213. The van der Waals surface area contributed by atoms with Crippen molar-refractivity contribution in [3.8, 4) is 0 Å². The Bertz CT molecular complexity index is 508. The van der Waals surface area contributed by atoms with Crippen LogP contribution in [0.3, 0.4) is 0 Å². The number of hydrogen-bond donors (Lipinski definition) is 0. The first-order valence-electron chi connectivity index (χ1n) is 6.72. The molecule has 1 aromatic heterocycles. The van der Waals surface area contributed by atoms with E-state index in [0.29, 0.717) is 19.7 Å². The van der Waals surface area contributed by atoms with Crippen LogP contribution in [0.25, 0.3) is 0 Å². The lowest BCUT2D eigenvalue weighted by Crippen LogP contribution is -2.30. The first-order valence-corrected chi connectivity index (χ1v) is 6.72. The zero-order valence-electron chi connectivity index (χ0n) is 11.6. The minimum Gasteiger partial charge on any atom is -0.468 e. The van der Waals surface area contributed by atoms with Gasteiger partial charge in [-0.2, -0.15) is 0 Å². The monoisotopic (exact) mass is 273 g/mol. The predicted molar refractivity (Wildman–Crippen MR) is 75.9 cm³/mol. The van der Waals surface area contributed by atoms with Crippen molar-refractivity contribution < 1.29 is 13.9 Å². The van der Waals surface area contributed by atoms with Gasteiger partial charge in [0.2, 0.25) is 0 Å². The fourth-order valence-electron chi connectivity index (χ4n) is 2.02. The second-order valence-electron chi connectivity index (χ2n) is 4.52. The third-order valence-corrected chi connectivity index (χ3v) is 2.87. The highest BCUT2D eigenvalue weighted by atomic mass is 16.5. The van der Waals surface area contributed by atoms with E-state index in [0.717, 1.165) is 11.3 Å². The Balaban J connectivity index is 2.01. The van der Waals surface area contributed by atoms with Gasteiger partial charge in [-0.3, -0.25) is 9.69 Å². The molecule has 0 fully saturated rings. The van der Waals surface area contributed by atoms with Crippen molar-refractivity contribution in [2.24, 2.45) is 0 Å². The number of benzene rings is 1. The number of nitrogens with zero attached hydrogens (tertiary/aromatic N) is 1. The lowest BCUT2D eigenvalue weighted by atomic mass is 10.2. The molecule has 0 spiro atoms. The van der Waals surface area contributed by atoms with Crippen LogP contribution in [0.2, 0.25) is 0 Å². The largest absolute Gasteiger partial charge is 0.468 e. The summed E-state index contributed by atoms with van der Waals surface area (Å²) in [6, 6.07) is 13.8. The summed E-state index contributed by atoms with van der Waals surface area (Å²) in [5, 5.41) is 0. The molecule has 4 heteroatoms. The topological polar surface area (TPSA) is 42.7 Å². The summed E-state index contributed by atoms with van der Waals surface area (Å²) in [5.74, 6) is 0.625. The zero-order chi connectivity index (χ0) is 14.2. The molecule has 0 saturated carbocycles. The molecule has 0 amide bonds. The second-order valence-corrected chi connectivity index (χ2v) is 4.52. The molecular formula is C16H19NO3. The third-order valence-electron chi connectivity index (χ3n) is 2.87. The van der Waals surface area contributed by atoms with Crippen LogP contribution < -0.4 is 0 Å². The summed E-state index contributed by atoms with van der Waals surface area (Å²) in [4.78, 5) is 13.7. The van der Waals surface area contributed by atoms with Crippen LogP contribution in [-0.2, 0) is 22.6 Å². The van der Waals surface area contributed by atoms with E-state index in [1.807, 2.05) is 54.3 Å². The Morgan fingerprint density at radius 3 is 2.60 bits per heavy atom. The Morgan fingerprint density at radius 2 is 1.95 bits per heavy atom. The van der Waals surface area contributed by atoms with E-state index in [4.69, 9.17) is 9.15 Å². The Morgan fingerprint density at radius 1 is 1.15 bits per heavy atom. The van der Waals surface area contributed by atoms with Gasteiger partial charge in [0, 0.05) is 6.54 Å². The first kappa shape index (κ1) is 14.3. The fraction of sp³-hybridized carbons (Fsp3) is 0.312. The van der Waals surface area contributed by atoms with Crippen LogP contribution >= 0.6 is 0 Å². The molecule has 1 heterocycles. The SMILES string of the molecule is CCOC(=O)CN(Cc1ccccc1)Cc1ccco1. The van der Waals surface area contributed by atoms with Gasteiger partial charge >= 0.3 is 5.97 Å². The molecule has 0 unspecified atom stereocenters. The van der Waals surface area contributed by atoms with Crippen LogP contribution in [0, 0.1) is 0 Å². The Kier molecular flexibility index (Phi) is 5.38. The maximum atomic E-state index is 11.7. The quantitative estimate of drug-likeness (QED) is 0.727. The lowest BCUT2D eigenvalue weighted by molar-refractivity contribution is -0.144. The molecule has 0 atom stereocenters. The van der Waals surface area contributed by atoms with Crippen molar-refractivity contribution in [3.63, 3.8) is 0 Å². The standard InChI is InChI=1S/C16H19NO3/c1-2-19-16(18)13-17(12-15-9-6-10-20-15)11-14-7-4-3-5-8-14/h3-10H,2,11-13H2,1H3. The normalized spacial score (nSPS) is 10.7. The highest BCUT2D eigenvalue weighted by Crippen LogP contribution is 2.10. The number of esters is 1. The molecule has 2 rings (SSSR count). The lowest BCUT2D eigenvalue weighted by Gasteiger charge is -2.20. The minimum absolute atomic E-state index is 0.213. The van der Waals surface area contributed by atoms with Crippen molar-refractivity contribution >= 4 is 5.97 Å². The van der Waals surface area contributed by atoms with E-state index < -0.39 is 0 Å². The molecule has 20 heavy (non-hydrogen) atoms. The van der Waals surface area contributed by atoms with Crippen LogP contribution in [0.5, 0.6) is 0 Å². The number of carbonyl (C=O) groups is 1. The van der Waals surface area contributed by atoms with Crippen molar-refractivity contribution in [2.75, 3.05) is 13.2 Å². The smallest absolute Gasteiger partial charge is 0.320 e. The highest BCUT2D eigenvalue weighted by molar-refractivity contribution is 5.71. The summed E-state index contributed by atoms with van der Waals surface area (Å²) in [6.07, 6.45) is 1.64. The maximum absolute atomic E-state index is 11.7. The summed E-state index contributed by atoms with van der Waals surface area (Å²) in [7, 11) is 0. The average Bonchev–Trinajstić information content (AvgIpc) is 2.93. The molecule has 0 aliphatic heterocycles. The van der Waals surface area contributed by atoms with E-state index in [-0.39, 0.29) is 12.5 Å². The molecule has 1 aromatic carbocycles. The van der Waals surface area contributed by atoms with Gasteiger partial charge in [0.15, 0.2) is 0 Å². The van der Waals surface area contributed by atoms with Gasteiger partial charge in [-0.15, -0.1) is 0 Å². The molecular weight excluding hydrogens is 254 g/mol. The van der Waals surface area contributed by atoms with Gasteiger partial charge in [0.25, 0.3) is 0 Å². The molecule has 4 nitrogen and oxygen atoms in total. The average molecular weight is 273 g/mol. The molecule has 0 aliphatic carbocycles. The van der Waals surface area contributed by atoms with E-state index in [1.54, 1.807) is 6.26 Å². The third kappa shape index (κ3) is 4.55. The molecule has 0 aliphatic rings. The molecule has 0 saturated heterocycles. The van der Waals surface area contributed by atoms with Crippen molar-refractivity contribution in [1.82, 2.24) is 4.90 Å². The number of hydrogen-bond acceptors (Lipinski definition) is 4. The zero-order valence-corrected chi connectivity index (χ0v) is 11.6. The van der Waals surface area contributed by atoms with Crippen LogP contribution in [-0.4, -0.2) is 24.0 Å². The second kappa shape index (κ2) is 7.50. The Hall–Kier alpha value is -2.07. The van der Waals surface area contributed by atoms with E-state index >= 15 is 0 Å². The van der Waals surface area contributed by atoms with Gasteiger partial charge in [0.05, 0.1) is 26.0 Å². The van der Waals surface area contributed by atoms with Gasteiger partial charge in [-0.05, 0) is 24.6 Å². The van der Waals surface area contributed by atoms with Gasteiger partial charge in [-0.1, -0.05) is 30.3 Å². The van der Waals surface area contributed by atoms with Crippen molar-refractivity contribution in [3.05, 3.63) is 60.1 Å². The first-order chi connectivity index (χ1) is 9.78. The van der Waals surface area contributed by atoms with Crippen molar-refractivity contribution in [2.45, 2.75) is 20.0 Å². The predicted octanol–water partition coefficient (Wildman–Crippen LogP) is 2.84. The van der Waals surface area contributed by atoms with Crippen LogP contribution in [0.4, 0.5) is 0 Å². The van der Waals surface area contributed by atoms with Crippen LogP contribution in [0.1, 0.15) is 18.2 Å². The molecule has 0 N–H and O–H groups in total. The van der Waals surface area contributed by atoms with E-state index in [9.17, 15) is 4.79 Å². The summed E-state index contributed by atoms with van der Waals surface area (Å²) in [6.45, 7) is 3.73. The fourth-order valence-corrected chi connectivity index (χ4v) is 2.02. The van der Waals surface area contributed by atoms with Crippen LogP contribution in [0.15, 0.2) is 53.1 Å². The van der Waals surface area contributed by atoms with Gasteiger partial charge in [0.1, 0.15) is 5.76 Å². The number of carbonyl (C=O) groups excluding carboxylic acids is 1. The molecule has 2 aromatic rings. The number of furan rings is 1. The molecule has 0 bridgehead atoms. The van der Waals surface area contributed by atoms with Gasteiger partial charge in [-0.25, -0.2) is 0 Å². The number of rotatable bonds is 7. The number of ether oxygens (including phenoxy) is 1. The molecule has 106 valence electrons. The van der Waals surface area contributed by atoms with Gasteiger partial charge < -0.3 is 9.15 Å². The summed E-state index contributed by atoms with van der Waals surface area (Å²) < 4.78 is 10.4. The van der Waals surface area contributed by atoms with Crippen molar-refractivity contribution in [1.29, 1.82) is 0 Å². The summed E-state index contributed by atoms with van der Waals surface area (Å²) in [5.41, 5.74) is 1.16. The Labute approximate surface area is 119 Å². The van der Waals surface area contributed by atoms with E-state index in [2.05, 4.69) is 0 Å². The van der Waals surface area contributed by atoms with E-state index in [1.165, 1.54) is 0 Å². The maximum Gasteiger partial charge on any atom is 0.320 e. The highest BCUT2D eigenvalue weighted by Gasteiger charge is 2.14. The molecule has 0 radical (unpaired) electrons. The summed E-state index contributed by atoms with van der Waals surface area (Å²) >= 11 is 0.